The summed E-state index contributed by atoms with van der Waals surface area (Å²) in [5.74, 6) is -0.815. The van der Waals surface area contributed by atoms with E-state index in [2.05, 4.69) is 18.9 Å². The molecular formula is C23H47NO24P2. The van der Waals surface area contributed by atoms with Gasteiger partial charge in [-0.3, -0.25) is 22.9 Å². The highest BCUT2D eigenvalue weighted by Gasteiger charge is 2.47. The quantitative estimate of drug-likeness (QED) is 0.0404. The van der Waals surface area contributed by atoms with Crippen LogP contribution in [0.3, 0.4) is 0 Å². The molecule has 0 radical (unpaired) electrons. The summed E-state index contributed by atoms with van der Waals surface area (Å²) < 4.78 is 53.8. The van der Waals surface area contributed by atoms with Crippen molar-refractivity contribution in [1.82, 2.24) is 5.32 Å². The molecule has 16 N–H and O–H groups in total. The van der Waals surface area contributed by atoms with Gasteiger partial charge in [0.15, 0.2) is 6.29 Å². The molecule has 0 aromatic carbocycles. The topological polar surface area (TPSA) is 422 Å². The molecule has 1 heterocycles. The van der Waals surface area contributed by atoms with Crippen LogP contribution in [0.15, 0.2) is 0 Å². The molecule has 0 saturated carbocycles. The first-order chi connectivity index (χ1) is 23.1. The Balaban J connectivity index is 3.16. The van der Waals surface area contributed by atoms with Crippen LogP contribution in [0.25, 0.3) is 0 Å². The number of hydrogen-bond donors (Lipinski definition) is 16. The van der Waals surface area contributed by atoms with Crippen LogP contribution in [0, 0.1) is 0 Å². The highest BCUT2D eigenvalue weighted by atomic mass is 31.2. The molecule has 298 valence electrons. The predicted molar refractivity (Wildman–Crippen MR) is 156 cm³/mol. The van der Waals surface area contributed by atoms with Gasteiger partial charge in [-0.1, -0.05) is 0 Å². The van der Waals surface area contributed by atoms with Gasteiger partial charge >= 0.3 is 15.6 Å². The molecule has 0 bridgehead atoms. The van der Waals surface area contributed by atoms with Crippen molar-refractivity contribution in [2.45, 2.75) is 92.5 Å². The average Bonchev–Trinajstić information content (AvgIpc) is 3.07. The second-order valence-electron chi connectivity index (χ2n) is 10.9. The minimum Gasteiger partial charge on any atom is -0.394 e. The lowest BCUT2D eigenvalue weighted by Crippen LogP contribution is -2.65. The molecule has 1 aliphatic rings. The van der Waals surface area contributed by atoms with Gasteiger partial charge in [0.25, 0.3) is 0 Å². The summed E-state index contributed by atoms with van der Waals surface area (Å²) in [4.78, 5) is 31.7. The van der Waals surface area contributed by atoms with E-state index in [1.165, 1.54) is 0 Å². The van der Waals surface area contributed by atoms with Crippen LogP contribution in [0.1, 0.15) is 6.92 Å². The third kappa shape index (κ3) is 15.2. The molecule has 0 aromatic rings. The normalized spacial score (nSPS) is 29.3. The largest absolute Gasteiger partial charge is 0.472 e. The number of ether oxygens (including phenoxy) is 2. The van der Waals surface area contributed by atoms with E-state index in [0.717, 1.165) is 6.92 Å². The van der Waals surface area contributed by atoms with Gasteiger partial charge in [0.05, 0.1) is 46.2 Å². The van der Waals surface area contributed by atoms with Gasteiger partial charge in [-0.2, -0.15) is 0 Å². The Bertz CT molecular complexity index is 1090. The summed E-state index contributed by atoms with van der Waals surface area (Å²) in [7, 11) is -10.5. The predicted octanol–water partition coefficient (Wildman–Crippen LogP) is -8.55. The fourth-order valence-electron chi connectivity index (χ4n) is 4.00. The molecule has 2 unspecified atom stereocenters. The van der Waals surface area contributed by atoms with Crippen molar-refractivity contribution >= 4 is 21.6 Å². The average molecular weight is 784 g/mol. The van der Waals surface area contributed by atoms with Gasteiger partial charge in [0, 0.05) is 6.92 Å². The van der Waals surface area contributed by atoms with Crippen molar-refractivity contribution in [3.8, 4) is 0 Å². The van der Waals surface area contributed by atoms with Gasteiger partial charge in [-0.05, 0) is 0 Å². The molecule has 25 nitrogen and oxygen atoms in total. The van der Waals surface area contributed by atoms with Crippen molar-refractivity contribution < 1.29 is 118 Å². The number of aliphatic hydroxyl groups excluding tert-OH is 13. The zero-order valence-electron chi connectivity index (χ0n) is 26.3. The lowest BCUT2D eigenvalue weighted by molar-refractivity contribution is -0.294. The summed E-state index contributed by atoms with van der Waals surface area (Å²) in [6, 6.07) is -1.67. The van der Waals surface area contributed by atoms with Crippen molar-refractivity contribution in [3.63, 3.8) is 0 Å². The summed E-state index contributed by atoms with van der Waals surface area (Å²) >= 11 is 0. The van der Waals surface area contributed by atoms with E-state index >= 15 is 0 Å². The van der Waals surface area contributed by atoms with Gasteiger partial charge in [-0.15, -0.1) is 0 Å². The van der Waals surface area contributed by atoms with Crippen molar-refractivity contribution in [2.75, 3.05) is 46.2 Å². The maximum atomic E-state index is 12.5. The number of phosphoric acid groups is 2. The van der Waals surface area contributed by atoms with Crippen LogP contribution < -0.4 is 5.32 Å². The Morgan fingerprint density at radius 2 is 1.08 bits per heavy atom. The number of carbonyl (C=O) groups excluding carboxylic acids is 1. The minimum atomic E-state index is -5.30. The SMILES string of the molecule is CC(=O)N[C@H]1[C@H](O[C@H](COP(=O)(O)OC[C@H](O)[C@H](O)[C@H](O)CO)[C@@H](O)[C@@H](O)COP(=O)(O)OC[C@@H](O)[C@@H](O)[C@@H](O)CO)O[C@H](CO)[C@@H](O)[C@@H]1O. The molecule has 0 aliphatic carbocycles. The molecule has 1 rings (SSSR count). The third-order valence-corrected chi connectivity index (χ3v) is 8.81. The molecule has 1 fully saturated rings. The number of nitrogens with one attached hydrogen (secondary N) is 1. The van der Waals surface area contributed by atoms with E-state index in [9.17, 15) is 79.9 Å². The molecule has 0 spiro atoms. The Hall–Kier alpha value is -0.910. The molecular weight excluding hydrogens is 736 g/mol. The molecule has 1 amide bonds. The zero-order chi connectivity index (χ0) is 38.6. The number of carbonyl (C=O) groups is 1. The number of aliphatic hydroxyl groups is 13. The number of rotatable bonds is 24. The lowest BCUT2D eigenvalue weighted by Gasteiger charge is -2.43. The summed E-state index contributed by atoms with van der Waals surface area (Å²) in [5, 5.41) is 129. The standard InChI is InChI=1S/C23H47NO24P2/c1-9(28)24-17-22(38)21(37)15(4-27)47-23(17)48-16(8-46-50(41,42)44-6-13(32)19(35)11(30)3-26)20(36)14(33)7-45-49(39,40)43-5-12(31)18(34)10(29)2-25/h10-23,25-27,29-38H,2-8H2,1H3,(H,24,28)(H,39,40)(H,41,42)/t10-,11+,12+,13-,14-,15+,16+,17+,18-,19+,20-,21+,22+,23-/m0/s1. The van der Waals surface area contributed by atoms with E-state index in [-0.39, 0.29) is 0 Å². The molecule has 0 aromatic heterocycles. The van der Waals surface area contributed by atoms with E-state index in [0.29, 0.717) is 0 Å². The fourth-order valence-corrected chi connectivity index (χ4v) is 5.51. The fraction of sp³-hybridized carbons (Fsp3) is 0.957. The van der Waals surface area contributed by atoms with Gasteiger partial charge in [0.1, 0.15) is 79.3 Å². The van der Waals surface area contributed by atoms with Crippen molar-refractivity contribution in [3.05, 3.63) is 0 Å². The molecule has 50 heavy (non-hydrogen) atoms. The van der Waals surface area contributed by atoms with Crippen LogP contribution in [-0.2, 0) is 41.5 Å². The first-order valence-corrected chi connectivity index (χ1v) is 17.5. The maximum absolute atomic E-state index is 12.5. The van der Waals surface area contributed by atoms with Crippen LogP contribution >= 0.6 is 15.6 Å². The van der Waals surface area contributed by atoms with E-state index in [1.54, 1.807) is 0 Å². The van der Waals surface area contributed by atoms with Gasteiger partial charge in [-0.25, -0.2) is 9.13 Å². The van der Waals surface area contributed by atoms with E-state index in [4.69, 9.17) is 24.2 Å². The molecule has 1 saturated heterocycles. The first kappa shape index (κ1) is 47.1. The van der Waals surface area contributed by atoms with Crippen LogP contribution in [0.4, 0.5) is 0 Å². The van der Waals surface area contributed by atoms with Crippen LogP contribution in [0.5, 0.6) is 0 Å². The van der Waals surface area contributed by atoms with E-state index in [1.807, 2.05) is 0 Å². The first-order valence-electron chi connectivity index (χ1n) is 14.6. The lowest BCUT2D eigenvalue weighted by atomic mass is 9.96. The summed E-state index contributed by atoms with van der Waals surface area (Å²) in [5.41, 5.74) is 0. The second-order valence-corrected chi connectivity index (χ2v) is 13.8. The van der Waals surface area contributed by atoms with Crippen molar-refractivity contribution in [2.24, 2.45) is 0 Å². The second kappa shape index (κ2) is 21.7. The van der Waals surface area contributed by atoms with E-state index < -0.39 is 153 Å². The van der Waals surface area contributed by atoms with Gasteiger partial charge < -0.3 is 91.0 Å². The van der Waals surface area contributed by atoms with Gasteiger partial charge in [0.2, 0.25) is 5.91 Å². The minimum absolute atomic E-state index is 0.815. The zero-order valence-corrected chi connectivity index (χ0v) is 28.1. The number of amides is 1. The van der Waals surface area contributed by atoms with Crippen LogP contribution in [0.2, 0.25) is 0 Å². The Morgan fingerprint density at radius 3 is 1.46 bits per heavy atom. The number of hydrogen-bond acceptors (Lipinski definition) is 22. The highest BCUT2D eigenvalue weighted by Crippen LogP contribution is 2.45. The summed E-state index contributed by atoms with van der Waals surface area (Å²) in [6.45, 7) is -6.85. The van der Waals surface area contributed by atoms with Crippen molar-refractivity contribution in [1.29, 1.82) is 0 Å². The molecule has 16 atom stereocenters. The highest BCUT2D eigenvalue weighted by molar-refractivity contribution is 7.47. The Labute approximate surface area is 283 Å². The monoisotopic (exact) mass is 783 g/mol. The smallest absolute Gasteiger partial charge is 0.394 e. The Morgan fingerprint density at radius 1 is 0.680 bits per heavy atom. The number of phosphoric ester groups is 2. The molecule has 27 heteroatoms. The third-order valence-electron chi connectivity index (χ3n) is 6.91. The van der Waals surface area contributed by atoms with Crippen LogP contribution in [-0.4, -0.2) is 214 Å². The molecule has 1 aliphatic heterocycles. The Kier molecular flexibility index (Phi) is 20.5. The maximum Gasteiger partial charge on any atom is 0.472 e. The summed E-state index contributed by atoms with van der Waals surface area (Å²) in [6.07, 6.45) is -25.9.